The van der Waals surface area contributed by atoms with E-state index in [1.54, 1.807) is 13.8 Å². The largest absolute Gasteiger partial charge is 0.462 e. The summed E-state index contributed by atoms with van der Waals surface area (Å²) in [6.45, 7) is 3.50. The van der Waals surface area contributed by atoms with Crippen molar-refractivity contribution in [3.05, 3.63) is 51.7 Å². The number of thiophene rings is 1. The van der Waals surface area contributed by atoms with Gasteiger partial charge in [-0.15, -0.1) is 11.3 Å². The van der Waals surface area contributed by atoms with Crippen LogP contribution in [-0.2, 0) is 20.7 Å². The summed E-state index contributed by atoms with van der Waals surface area (Å²) in [5.74, 6) is -1.86. The molecule has 0 saturated heterocycles. The molecule has 1 aromatic heterocycles. The number of nitrogens with one attached hydrogen (secondary N) is 1. The first-order valence-electron chi connectivity index (χ1n) is 10.4. The predicted molar refractivity (Wildman–Crippen MR) is 116 cm³/mol. The van der Waals surface area contributed by atoms with Crippen molar-refractivity contribution < 1.29 is 28.2 Å². The van der Waals surface area contributed by atoms with E-state index in [4.69, 9.17) is 9.47 Å². The molecule has 6 nitrogen and oxygen atoms in total. The van der Waals surface area contributed by atoms with Gasteiger partial charge in [-0.05, 0) is 62.8 Å². The average molecular weight is 448 g/mol. The van der Waals surface area contributed by atoms with Gasteiger partial charge in [-0.3, -0.25) is 4.79 Å². The Hall–Kier alpha value is -2.74. The Morgan fingerprint density at radius 1 is 1.10 bits per heavy atom. The Labute approximate surface area is 184 Å². The van der Waals surface area contributed by atoms with Gasteiger partial charge in [-0.1, -0.05) is 18.6 Å². The van der Waals surface area contributed by atoms with E-state index < -0.39 is 11.9 Å². The average Bonchev–Trinajstić information content (AvgIpc) is 3.06. The lowest BCUT2D eigenvalue weighted by molar-refractivity contribution is -0.115. The summed E-state index contributed by atoms with van der Waals surface area (Å²) >= 11 is 1.01. The molecule has 1 heterocycles. The van der Waals surface area contributed by atoms with Crippen LogP contribution in [0.25, 0.3) is 0 Å². The van der Waals surface area contributed by atoms with Crippen LogP contribution in [0, 0.1) is 12.7 Å². The van der Waals surface area contributed by atoms with Crippen LogP contribution in [0.5, 0.6) is 0 Å². The molecule has 0 atom stereocenters. The molecule has 0 spiro atoms. The van der Waals surface area contributed by atoms with Gasteiger partial charge < -0.3 is 14.8 Å². The first-order chi connectivity index (χ1) is 14.9. The Kier molecular flexibility index (Phi) is 7.79. The molecule has 0 aliphatic heterocycles. The van der Waals surface area contributed by atoms with Gasteiger partial charge in [0.05, 0.1) is 18.6 Å². The molecule has 1 saturated carbocycles. The van der Waals surface area contributed by atoms with E-state index in [-0.39, 0.29) is 46.3 Å². The molecule has 3 rings (SSSR count). The van der Waals surface area contributed by atoms with Crippen molar-refractivity contribution in [1.29, 1.82) is 0 Å². The summed E-state index contributed by atoms with van der Waals surface area (Å²) in [5, 5.41) is 2.96. The van der Waals surface area contributed by atoms with E-state index in [0.29, 0.717) is 11.1 Å². The van der Waals surface area contributed by atoms with Gasteiger partial charge in [0.2, 0.25) is 5.91 Å². The highest BCUT2D eigenvalue weighted by molar-refractivity contribution is 7.18. The Morgan fingerprint density at radius 3 is 2.42 bits per heavy atom. The first-order valence-corrected chi connectivity index (χ1v) is 11.3. The van der Waals surface area contributed by atoms with Crippen molar-refractivity contribution in [3.63, 3.8) is 0 Å². The highest BCUT2D eigenvalue weighted by Gasteiger charge is 2.29. The third-order valence-electron chi connectivity index (χ3n) is 5.17. The van der Waals surface area contributed by atoms with Crippen molar-refractivity contribution in [2.24, 2.45) is 0 Å². The molecule has 2 aromatic rings. The number of benzene rings is 1. The Morgan fingerprint density at radius 2 is 1.77 bits per heavy atom. The smallest absolute Gasteiger partial charge is 0.348 e. The fourth-order valence-electron chi connectivity index (χ4n) is 3.59. The van der Waals surface area contributed by atoms with Gasteiger partial charge in [0.15, 0.2) is 0 Å². The predicted octanol–water partition coefficient (Wildman–Crippen LogP) is 5.04. The Bertz CT molecular complexity index is 948. The molecule has 8 heteroatoms. The molecule has 0 radical (unpaired) electrons. The van der Waals surface area contributed by atoms with Gasteiger partial charge in [-0.2, -0.15) is 0 Å². The molecular formula is C23H26FNO5S. The van der Waals surface area contributed by atoms with Gasteiger partial charge >= 0.3 is 11.9 Å². The molecule has 1 fully saturated rings. The maximum Gasteiger partial charge on any atom is 0.348 e. The second-order valence-corrected chi connectivity index (χ2v) is 8.52. The van der Waals surface area contributed by atoms with Crippen molar-refractivity contribution >= 4 is 34.2 Å². The van der Waals surface area contributed by atoms with E-state index in [2.05, 4.69) is 5.32 Å². The monoisotopic (exact) mass is 447 g/mol. The zero-order valence-electron chi connectivity index (χ0n) is 17.7. The maximum atomic E-state index is 13.1. The lowest BCUT2D eigenvalue weighted by atomic mass is 9.98. The first kappa shape index (κ1) is 22.9. The number of halogens is 1. The van der Waals surface area contributed by atoms with E-state index in [9.17, 15) is 18.8 Å². The minimum absolute atomic E-state index is 0.00134. The number of hydrogen-bond acceptors (Lipinski definition) is 6. The fraction of sp³-hybridized carbons (Fsp3) is 0.435. The third-order valence-corrected chi connectivity index (χ3v) is 6.36. The molecule has 0 unspecified atom stereocenters. The zero-order valence-corrected chi connectivity index (χ0v) is 18.5. The third kappa shape index (κ3) is 5.91. The summed E-state index contributed by atoms with van der Waals surface area (Å²) in [4.78, 5) is 38.1. The summed E-state index contributed by atoms with van der Waals surface area (Å²) in [6, 6.07) is 5.60. The van der Waals surface area contributed by atoms with Crippen molar-refractivity contribution in [1.82, 2.24) is 0 Å². The van der Waals surface area contributed by atoms with Crippen molar-refractivity contribution in [3.8, 4) is 0 Å². The number of anilines is 1. The van der Waals surface area contributed by atoms with Gasteiger partial charge in [-0.25, -0.2) is 14.0 Å². The van der Waals surface area contributed by atoms with Crippen LogP contribution in [0.1, 0.15) is 70.2 Å². The number of rotatable bonds is 7. The quantitative estimate of drug-likeness (QED) is 0.601. The molecule has 1 N–H and O–H groups in total. The van der Waals surface area contributed by atoms with Gasteiger partial charge in [0.25, 0.3) is 0 Å². The number of ether oxygens (including phenoxy) is 2. The zero-order chi connectivity index (χ0) is 22.4. The summed E-state index contributed by atoms with van der Waals surface area (Å²) in [7, 11) is 0. The normalized spacial score (nSPS) is 14.2. The molecule has 1 aliphatic rings. The van der Waals surface area contributed by atoms with Crippen LogP contribution in [0.2, 0.25) is 0 Å². The van der Waals surface area contributed by atoms with Crippen LogP contribution in [0.15, 0.2) is 24.3 Å². The minimum Gasteiger partial charge on any atom is -0.462 e. The number of carbonyl (C=O) groups is 3. The van der Waals surface area contributed by atoms with Crippen LogP contribution in [0.3, 0.4) is 0 Å². The molecule has 1 aliphatic carbocycles. The fourth-order valence-corrected chi connectivity index (χ4v) is 4.69. The lowest BCUT2D eigenvalue weighted by Crippen LogP contribution is -2.21. The molecule has 1 aromatic carbocycles. The van der Waals surface area contributed by atoms with Crippen molar-refractivity contribution in [2.45, 2.75) is 58.5 Å². The van der Waals surface area contributed by atoms with Gasteiger partial charge in [0.1, 0.15) is 21.8 Å². The Balaban J connectivity index is 1.80. The summed E-state index contributed by atoms with van der Waals surface area (Å²) in [5.41, 5.74) is 1.22. The highest BCUT2D eigenvalue weighted by Crippen LogP contribution is 2.35. The van der Waals surface area contributed by atoms with Crippen molar-refractivity contribution in [2.75, 3.05) is 11.9 Å². The van der Waals surface area contributed by atoms with Crippen LogP contribution >= 0.6 is 11.3 Å². The van der Waals surface area contributed by atoms with E-state index in [1.807, 2.05) is 0 Å². The molecule has 166 valence electrons. The summed E-state index contributed by atoms with van der Waals surface area (Å²) < 4.78 is 23.9. The number of carbonyl (C=O) groups excluding carboxylic acids is 3. The van der Waals surface area contributed by atoms with Crippen LogP contribution < -0.4 is 5.32 Å². The summed E-state index contributed by atoms with van der Waals surface area (Å²) in [6.07, 6.45) is 4.75. The molecule has 0 bridgehead atoms. The number of amides is 1. The molecular weight excluding hydrogens is 421 g/mol. The van der Waals surface area contributed by atoms with Crippen LogP contribution in [-0.4, -0.2) is 30.6 Å². The number of esters is 2. The second kappa shape index (κ2) is 10.5. The number of hydrogen-bond donors (Lipinski definition) is 1. The lowest BCUT2D eigenvalue weighted by Gasteiger charge is -2.21. The van der Waals surface area contributed by atoms with Crippen LogP contribution in [0.4, 0.5) is 9.39 Å². The molecule has 31 heavy (non-hydrogen) atoms. The standard InChI is InChI=1S/C23H26FNO5S/c1-3-29-22(27)19-14(2)20(23(28)30-17-7-5-4-6-8-17)31-21(19)25-18(26)13-15-9-11-16(24)12-10-15/h9-12,17H,3-8,13H2,1-2H3,(H,25,26). The topological polar surface area (TPSA) is 81.7 Å². The molecule has 1 amide bonds. The van der Waals surface area contributed by atoms with Gasteiger partial charge in [0, 0.05) is 0 Å². The maximum absolute atomic E-state index is 13.1. The van der Waals surface area contributed by atoms with E-state index in [1.165, 1.54) is 24.3 Å². The van der Waals surface area contributed by atoms with E-state index in [0.717, 1.165) is 43.4 Å². The minimum atomic E-state index is -0.606. The van der Waals surface area contributed by atoms with E-state index >= 15 is 0 Å². The second-order valence-electron chi connectivity index (χ2n) is 7.50. The SMILES string of the molecule is CCOC(=O)c1c(NC(=O)Cc2ccc(F)cc2)sc(C(=O)OC2CCCCC2)c1C. The highest BCUT2D eigenvalue weighted by atomic mass is 32.1.